The van der Waals surface area contributed by atoms with Crippen molar-refractivity contribution in [3.63, 3.8) is 0 Å². The largest absolute Gasteiger partial charge is 0.394 e. The summed E-state index contributed by atoms with van der Waals surface area (Å²) in [6, 6.07) is 8.61. The topological polar surface area (TPSA) is 99.6 Å². The molecule has 36 heavy (non-hydrogen) atoms. The smallest absolute Gasteiger partial charge is 0.251 e. The van der Waals surface area contributed by atoms with E-state index in [1.807, 2.05) is 12.1 Å². The summed E-state index contributed by atoms with van der Waals surface area (Å²) in [4.78, 5) is 20.0. The number of amides is 1. The monoisotopic (exact) mass is 513 g/mol. The standard InChI is InChI=1S/C28H39N3O4S/c1-4-27-24-12-10-21(14-22(24)17-31(27)16-20-8-6-19(3)7-9-20)28(33)30-26(18-32)25-13-11-23(15-29-25)36(34,35)5-2/h10-15,19-20,26-27,32H,4-9,16-18H2,1-3H3,(H,30,33)/t19-,20-,26-,27+/m0/s1. The van der Waals surface area contributed by atoms with Crippen LogP contribution in [-0.4, -0.2) is 48.2 Å². The molecule has 0 saturated heterocycles. The summed E-state index contributed by atoms with van der Waals surface area (Å²) < 4.78 is 24.1. The number of pyridine rings is 1. The number of aliphatic hydroxyl groups excluding tert-OH is 1. The second-order valence-electron chi connectivity index (χ2n) is 10.4. The average molecular weight is 514 g/mol. The third kappa shape index (κ3) is 5.82. The van der Waals surface area contributed by atoms with Crippen LogP contribution < -0.4 is 5.32 Å². The third-order valence-electron chi connectivity index (χ3n) is 7.94. The van der Waals surface area contributed by atoms with E-state index in [0.29, 0.717) is 17.3 Å². The minimum atomic E-state index is -3.36. The van der Waals surface area contributed by atoms with Gasteiger partial charge in [0.15, 0.2) is 9.84 Å². The van der Waals surface area contributed by atoms with Gasteiger partial charge in [-0.15, -0.1) is 0 Å². The number of aromatic nitrogens is 1. The van der Waals surface area contributed by atoms with Crippen LogP contribution in [0.5, 0.6) is 0 Å². The van der Waals surface area contributed by atoms with E-state index in [9.17, 15) is 18.3 Å². The number of carbonyl (C=O) groups is 1. The van der Waals surface area contributed by atoms with Crippen molar-refractivity contribution in [2.45, 2.75) is 76.4 Å². The van der Waals surface area contributed by atoms with E-state index in [0.717, 1.165) is 31.3 Å². The first-order valence-corrected chi connectivity index (χ1v) is 14.9. The zero-order chi connectivity index (χ0) is 25.9. The predicted octanol–water partition coefficient (Wildman–Crippen LogP) is 4.43. The molecule has 8 heteroatoms. The van der Waals surface area contributed by atoms with Crippen LogP contribution in [0.15, 0.2) is 41.4 Å². The van der Waals surface area contributed by atoms with Crippen molar-refractivity contribution >= 4 is 15.7 Å². The quantitative estimate of drug-likeness (QED) is 0.515. The summed E-state index contributed by atoms with van der Waals surface area (Å²) in [6.07, 6.45) is 7.59. The van der Waals surface area contributed by atoms with Gasteiger partial charge in [-0.05, 0) is 66.5 Å². The number of hydrogen-bond acceptors (Lipinski definition) is 6. The number of carbonyl (C=O) groups excluding carboxylic acids is 1. The molecule has 1 aromatic heterocycles. The lowest BCUT2D eigenvalue weighted by molar-refractivity contribution is 0.0914. The number of aliphatic hydroxyl groups is 1. The van der Waals surface area contributed by atoms with E-state index < -0.39 is 15.9 Å². The van der Waals surface area contributed by atoms with E-state index in [1.165, 1.54) is 49.1 Å². The first-order valence-electron chi connectivity index (χ1n) is 13.2. The highest BCUT2D eigenvalue weighted by Crippen LogP contribution is 2.39. The number of rotatable bonds is 9. The molecule has 1 aliphatic carbocycles. The summed E-state index contributed by atoms with van der Waals surface area (Å²) in [5.74, 6) is 1.31. The van der Waals surface area contributed by atoms with Gasteiger partial charge in [-0.1, -0.05) is 39.7 Å². The van der Waals surface area contributed by atoms with Crippen LogP contribution in [0, 0.1) is 11.8 Å². The Labute approximate surface area is 215 Å². The highest BCUT2D eigenvalue weighted by molar-refractivity contribution is 7.91. The zero-order valence-corrected chi connectivity index (χ0v) is 22.4. The van der Waals surface area contributed by atoms with Gasteiger partial charge in [-0.25, -0.2) is 8.42 Å². The second-order valence-corrected chi connectivity index (χ2v) is 12.7. The Bertz CT molecular complexity index is 1160. The SMILES string of the molecule is CC[C@@H]1c2ccc(C(=O)N[C@@H](CO)c3ccc(S(=O)(=O)CC)cn3)cc2CN1C[C@H]1CC[C@H](C)CC1. The fourth-order valence-electron chi connectivity index (χ4n) is 5.65. The molecule has 0 radical (unpaired) electrons. The fraction of sp³-hybridized carbons (Fsp3) is 0.571. The second kappa shape index (κ2) is 11.4. The summed E-state index contributed by atoms with van der Waals surface area (Å²) in [5.41, 5.74) is 3.49. The molecule has 1 fully saturated rings. The maximum Gasteiger partial charge on any atom is 0.251 e. The van der Waals surface area contributed by atoms with E-state index in [-0.39, 0.29) is 23.2 Å². The van der Waals surface area contributed by atoms with Gasteiger partial charge >= 0.3 is 0 Å². The van der Waals surface area contributed by atoms with Crippen molar-refractivity contribution in [2.75, 3.05) is 18.9 Å². The average Bonchev–Trinajstić information content (AvgIpc) is 3.24. The summed E-state index contributed by atoms with van der Waals surface area (Å²) in [6.45, 7) is 7.80. The van der Waals surface area contributed by atoms with Crippen LogP contribution in [0.25, 0.3) is 0 Å². The molecule has 2 heterocycles. The van der Waals surface area contributed by atoms with Crippen LogP contribution in [0.3, 0.4) is 0 Å². The maximum absolute atomic E-state index is 13.1. The van der Waals surface area contributed by atoms with E-state index in [2.05, 4.69) is 35.1 Å². The molecule has 2 N–H and O–H groups in total. The molecular formula is C28H39N3O4S. The molecule has 2 atom stereocenters. The lowest BCUT2D eigenvalue weighted by Crippen LogP contribution is -2.31. The normalized spacial score (nSPS) is 23.3. The molecule has 0 unspecified atom stereocenters. The first-order chi connectivity index (χ1) is 17.2. The Morgan fingerprint density at radius 2 is 1.92 bits per heavy atom. The molecule has 1 amide bonds. The van der Waals surface area contributed by atoms with E-state index in [1.54, 1.807) is 13.0 Å². The fourth-order valence-corrected chi connectivity index (χ4v) is 6.47. The van der Waals surface area contributed by atoms with Gasteiger partial charge in [0.2, 0.25) is 0 Å². The molecule has 0 spiro atoms. The Morgan fingerprint density at radius 3 is 2.53 bits per heavy atom. The van der Waals surface area contributed by atoms with Gasteiger partial charge in [-0.2, -0.15) is 0 Å². The molecule has 196 valence electrons. The van der Waals surface area contributed by atoms with Gasteiger partial charge in [-0.3, -0.25) is 14.7 Å². The van der Waals surface area contributed by atoms with Crippen molar-refractivity contribution in [1.82, 2.24) is 15.2 Å². The number of fused-ring (bicyclic) bond motifs is 1. The minimum absolute atomic E-state index is 0.0112. The Kier molecular flexibility index (Phi) is 8.48. The van der Waals surface area contributed by atoms with Crippen molar-refractivity contribution in [2.24, 2.45) is 11.8 Å². The maximum atomic E-state index is 13.1. The summed E-state index contributed by atoms with van der Waals surface area (Å²) in [5, 5.41) is 12.8. The Hall–Kier alpha value is -2.29. The lowest BCUT2D eigenvalue weighted by atomic mass is 9.82. The first kappa shape index (κ1) is 26.8. The van der Waals surface area contributed by atoms with Crippen LogP contribution >= 0.6 is 0 Å². The van der Waals surface area contributed by atoms with Crippen molar-refractivity contribution in [3.8, 4) is 0 Å². The highest BCUT2D eigenvalue weighted by Gasteiger charge is 2.32. The highest BCUT2D eigenvalue weighted by atomic mass is 32.2. The van der Waals surface area contributed by atoms with Crippen molar-refractivity contribution in [1.29, 1.82) is 0 Å². The third-order valence-corrected chi connectivity index (χ3v) is 9.66. The summed E-state index contributed by atoms with van der Waals surface area (Å²) >= 11 is 0. The van der Waals surface area contributed by atoms with Gasteiger partial charge in [0.05, 0.1) is 29.0 Å². The molecule has 1 aromatic carbocycles. The minimum Gasteiger partial charge on any atom is -0.394 e. The number of benzene rings is 1. The molecule has 2 aromatic rings. The molecule has 7 nitrogen and oxygen atoms in total. The zero-order valence-electron chi connectivity index (χ0n) is 21.6. The number of hydrogen-bond donors (Lipinski definition) is 2. The number of nitrogens with one attached hydrogen (secondary N) is 1. The van der Waals surface area contributed by atoms with Gasteiger partial charge in [0, 0.05) is 30.9 Å². The lowest BCUT2D eigenvalue weighted by Gasteiger charge is -2.32. The molecule has 2 aliphatic rings. The van der Waals surface area contributed by atoms with Gasteiger partial charge in [0.1, 0.15) is 0 Å². The molecular weight excluding hydrogens is 474 g/mol. The molecule has 1 aliphatic heterocycles. The van der Waals surface area contributed by atoms with Gasteiger partial charge < -0.3 is 10.4 Å². The van der Waals surface area contributed by atoms with Crippen LogP contribution in [0.4, 0.5) is 0 Å². The van der Waals surface area contributed by atoms with Crippen LogP contribution in [0.2, 0.25) is 0 Å². The van der Waals surface area contributed by atoms with E-state index >= 15 is 0 Å². The van der Waals surface area contributed by atoms with Crippen molar-refractivity contribution < 1.29 is 18.3 Å². The van der Waals surface area contributed by atoms with Crippen LogP contribution in [-0.2, 0) is 16.4 Å². The Balaban J connectivity index is 1.44. The van der Waals surface area contributed by atoms with E-state index in [4.69, 9.17) is 0 Å². The number of sulfone groups is 1. The Morgan fingerprint density at radius 1 is 1.17 bits per heavy atom. The van der Waals surface area contributed by atoms with Crippen LogP contribution in [0.1, 0.15) is 92.1 Å². The predicted molar refractivity (Wildman–Crippen MR) is 140 cm³/mol. The molecule has 1 saturated carbocycles. The van der Waals surface area contributed by atoms with Gasteiger partial charge in [0.25, 0.3) is 5.91 Å². The van der Waals surface area contributed by atoms with Crippen molar-refractivity contribution in [3.05, 3.63) is 58.9 Å². The molecule has 0 bridgehead atoms. The molecule has 4 rings (SSSR count). The number of nitrogens with zero attached hydrogens (tertiary/aromatic N) is 2. The summed E-state index contributed by atoms with van der Waals surface area (Å²) in [7, 11) is -3.36.